The second kappa shape index (κ2) is 5.07. The Kier molecular flexibility index (Phi) is 3.93. The Balaban J connectivity index is 2.32. The number of rotatable bonds is 1. The predicted octanol–water partition coefficient (Wildman–Crippen LogP) is 3.60. The van der Waals surface area contributed by atoms with Crippen LogP contribution >= 0.6 is 18.8 Å². The van der Waals surface area contributed by atoms with E-state index in [1.165, 1.54) is 0 Å². The molecule has 0 spiro atoms. The van der Waals surface area contributed by atoms with Crippen molar-refractivity contribution >= 4 is 30.6 Å². The smallest absolute Gasteiger partial charge is 0.176 e. The van der Waals surface area contributed by atoms with E-state index in [1.807, 2.05) is 0 Å². The first-order chi connectivity index (χ1) is 7.58. The summed E-state index contributed by atoms with van der Waals surface area (Å²) in [6, 6.07) is 2.00. The fraction of sp³-hybridized carbons (Fsp3) is 0.333. The first kappa shape index (κ1) is 12.4. The SMILES string of the molecule is Fc1cc(Cl)c(C2CCO[PH](=S)O2)cc1F. The highest BCUT2D eigenvalue weighted by molar-refractivity contribution is 8.00. The van der Waals surface area contributed by atoms with Crippen molar-refractivity contribution in [3.8, 4) is 0 Å². The molecule has 2 rings (SSSR count). The van der Waals surface area contributed by atoms with Gasteiger partial charge in [0.2, 0.25) is 0 Å². The molecular formula is C9H8ClF2O2PS. The molecule has 88 valence electrons. The summed E-state index contributed by atoms with van der Waals surface area (Å²) in [7, 11) is -1.72. The Morgan fingerprint density at radius 1 is 1.38 bits per heavy atom. The van der Waals surface area contributed by atoms with Crippen LogP contribution in [0.25, 0.3) is 0 Å². The van der Waals surface area contributed by atoms with Gasteiger partial charge in [0.25, 0.3) is 0 Å². The van der Waals surface area contributed by atoms with Gasteiger partial charge in [0.05, 0.1) is 12.7 Å². The Hall–Kier alpha value is -0.0600. The summed E-state index contributed by atoms with van der Waals surface area (Å²) in [5.74, 6) is -1.91. The van der Waals surface area contributed by atoms with E-state index in [2.05, 4.69) is 0 Å². The Morgan fingerprint density at radius 2 is 2.06 bits per heavy atom. The first-order valence-corrected chi connectivity index (χ1v) is 7.38. The summed E-state index contributed by atoms with van der Waals surface area (Å²) in [6.07, 6.45) is 0.137. The van der Waals surface area contributed by atoms with E-state index in [9.17, 15) is 8.78 Å². The van der Waals surface area contributed by atoms with Gasteiger partial charge in [-0.05, 0) is 23.9 Å². The second-order valence-electron chi connectivity index (χ2n) is 3.28. The zero-order valence-electron chi connectivity index (χ0n) is 8.00. The highest BCUT2D eigenvalue weighted by Gasteiger charge is 2.23. The second-order valence-corrected chi connectivity index (χ2v) is 5.71. The minimum atomic E-state index is -1.72. The zero-order chi connectivity index (χ0) is 11.7. The van der Waals surface area contributed by atoms with Crippen molar-refractivity contribution < 1.29 is 17.8 Å². The monoisotopic (exact) mass is 284 g/mol. The van der Waals surface area contributed by atoms with E-state index in [4.69, 9.17) is 32.5 Å². The molecule has 1 fully saturated rings. The van der Waals surface area contributed by atoms with E-state index in [1.54, 1.807) is 0 Å². The van der Waals surface area contributed by atoms with Crippen molar-refractivity contribution in [3.63, 3.8) is 0 Å². The number of halogens is 3. The zero-order valence-corrected chi connectivity index (χ0v) is 10.6. The normalized spacial score (nSPS) is 25.7. The highest BCUT2D eigenvalue weighted by Crippen LogP contribution is 2.42. The maximum absolute atomic E-state index is 13.1. The number of hydrogen-bond acceptors (Lipinski definition) is 3. The van der Waals surface area contributed by atoms with Crippen molar-refractivity contribution in [2.45, 2.75) is 12.5 Å². The van der Waals surface area contributed by atoms with Crippen LogP contribution in [0.5, 0.6) is 0 Å². The molecule has 0 bridgehead atoms. The molecule has 1 aromatic rings. The highest BCUT2D eigenvalue weighted by atomic mass is 35.5. The van der Waals surface area contributed by atoms with E-state index >= 15 is 0 Å². The lowest BCUT2D eigenvalue weighted by Crippen LogP contribution is -2.10. The van der Waals surface area contributed by atoms with E-state index in [0.717, 1.165) is 12.1 Å². The average Bonchev–Trinajstić information content (AvgIpc) is 2.23. The summed E-state index contributed by atoms with van der Waals surface area (Å²) in [6.45, 7) is 0.456. The van der Waals surface area contributed by atoms with Gasteiger partial charge in [-0.15, -0.1) is 0 Å². The lowest BCUT2D eigenvalue weighted by Gasteiger charge is -2.25. The maximum atomic E-state index is 13.1. The van der Waals surface area contributed by atoms with Gasteiger partial charge in [0.15, 0.2) is 18.8 Å². The molecule has 0 amide bonds. The van der Waals surface area contributed by atoms with Gasteiger partial charge in [-0.2, -0.15) is 0 Å². The number of benzene rings is 1. The topological polar surface area (TPSA) is 18.5 Å². The van der Waals surface area contributed by atoms with Crippen molar-refractivity contribution in [3.05, 3.63) is 34.4 Å². The minimum absolute atomic E-state index is 0.149. The van der Waals surface area contributed by atoms with Crippen LogP contribution in [0.15, 0.2) is 12.1 Å². The molecule has 0 N–H and O–H groups in total. The van der Waals surface area contributed by atoms with Crippen LogP contribution in [0.1, 0.15) is 18.1 Å². The summed E-state index contributed by atoms with van der Waals surface area (Å²) < 4.78 is 36.4. The first-order valence-electron chi connectivity index (χ1n) is 4.56. The van der Waals surface area contributed by atoms with Gasteiger partial charge < -0.3 is 9.05 Å². The Bertz CT molecular complexity index is 444. The standard InChI is InChI=1S/C9H8ClF2O2PS/c10-6-4-8(12)7(11)3-5(6)9-1-2-13-15(16)14-9/h3-4,9,15H,1-2H2. The van der Waals surface area contributed by atoms with Crippen LogP contribution in [0.4, 0.5) is 8.78 Å². The molecule has 7 heteroatoms. The Morgan fingerprint density at radius 3 is 2.75 bits per heavy atom. The number of hydrogen-bond donors (Lipinski definition) is 0. The molecule has 1 aliphatic rings. The van der Waals surface area contributed by atoms with Gasteiger partial charge in [0, 0.05) is 17.0 Å². The third kappa shape index (κ3) is 2.60. The fourth-order valence-electron chi connectivity index (χ4n) is 1.46. The molecule has 1 heterocycles. The van der Waals surface area contributed by atoms with Crippen LogP contribution in [0, 0.1) is 11.6 Å². The molecule has 16 heavy (non-hydrogen) atoms. The van der Waals surface area contributed by atoms with Crippen LogP contribution < -0.4 is 0 Å². The molecule has 1 aliphatic heterocycles. The van der Waals surface area contributed by atoms with E-state index in [-0.39, 0.29) is 5.02 Å². The van der Waals surface area contributed by atoms with E-state index < -0.39 is 24.9 Å². The third-order valence-electron chi connectivity index (χ3n) is 2.22. The molecule has 1 aromatic carbocycles. The molecule has 2 nitrogen and oxygen atoms in total. The van der Waals surface area contributed by atoms with Crippen molar-refractivity contribution in [2.75, 3.05) is 6.61 Å². The van der Waals surface area contributed by atoms with Crippen LogP contribution in [-0.4, -0.2) is 6.61 Å². The summed E-state index contributed by atoms with van der Waals surface area (Å²) in [5, 5.41) is 0.149. The van der Waals surface area contributed by atoms with Crippen LogP contribution in [0.3, 0.4) is 0 Å². The molecule has 2 atom stereocenters. The van der Waals surface area contributed by atoms with Gasteiger partial charge in [0.1, 0.15) is 0 Å². The maximum Gasteiger partial charge on any atom is 0.176 e. The fourth-order valence-corrected chi connectivity index (χ4v) is 3.16. The molecule has 2 unspecified atom stereocenters. The van der Waals surface area contributed by atoms with Gasteiger partial charge in [-0.3, -0.25) is 0 Å². The molecule has 0 aliphatic carbocycles. The van der Waals surface area contributed by atoms with Crippen LogP contribution in [-0.2, 0) is 20.9 Å². The third-order valence-corrected chi connectivity index (χ3v) is 4.11. The van der Waals surface area contributed by atoms with E-state index in [0.29, 0.717) is 18.6 Å². The molecule has 0 aromatic heterocycles. The predicted molar refractivity (Wildman–Crippen MR) is 61.4 cm³/mol. The molecule has 0 saturated carbocycles. The van der Waals surface area contributed by atoms with Gasteiger partial charge in [-0.25, -0.2) is 8.78 Å². The van der Waals surface area contributed by atoms with Crippen LogP contribution in [0.2, 0.25) is 5.02 Å². The quantitative estimate of drug-likeness (QED) is 0.580. The van der Waals surface area contributed by atoms with Crippen molar-refractivity contribution in [2.24, 2.45) is 0 Å². The van der Waals surface area contributed by atoms with Gasteiger partial charge in [-0.1, -0.05) is 11.6 Å². The molecular weight excluding hydrogens is 277 g/mol. The lowest BCUT2D eigenvalue weighted by molar-refractivity contribution is 0.119. The van der Waals surface area contributed by atoms with Crippen molar-refractivity contribution in [1.29, 1.82) is 0 Å². The molecule has 1 saturated heterocycles. The summed E-state index contributed by atoms with van der Waals surface area (Å²) in [5.41, 5.74) is 0.427. The minimum Gasteiger partial charge on any atom is -0.331 e. The molecule has 0 radical (unpaired) electrons. The Labute approximate surface area is 102 Å². The van der Waals surface area contributed by atoms with Crippen molar-refractivity contribution in [1.82, 2.24) is 0 Å². The van der Waals surface area contributed by atoms with Gasteiger partial charge >= 0.3 is 0 Å². The largest absolute Gasteiger partial charge is 0.331 e. The summed E-state index contributed by atoms with van der Waals surface area (Å²) >= 11 is 10.7. The average molecular weight is 285 g/mol. The summed E-state index contributed by atoms with van der Waals surface area (Å²) in [4.78, 5) is 0. The lowest BCUT2D eigenvalue weighted by atomic mass is 10.1.